The van der Waals surface area contributed by atoms with E-state index < -0.39 is 0 Å². The molecule has 1 atom stereocenters. The van der Waals surface area contributed by atoms with Gasteiger partial charge in [-0.1, -0.05) is 35.5 Å². The van der Waals surface area contributed by atoms with Crippen molar-refractivity contribution in [1.82, 2.24) is 20.4 Å². The minimum absolute atomic E-state index is 0.0451. The van der Waals surface area contributed by atoms with Gasteiger partial charge >= 0.3 is 6.01 Å². The molecule has 1 aromatic carbocycles. The van der Waals surface area contributed by atoms with Crippen molar-refractivity contribution in [2.45, 2.75) is 38.3 Å². The van der Waals surface area contributed by atoms with E-state index in [0.29, 0.717) is 24.9 Å². The van der Waals surface area contributed by atoms with Crippen LogP contribution < -0.4 is 10.6 Å². The maximum absolute atomic E-state index is 12.3. The van der Waals surface area contributed by atoms with Crippen LogP contribution in [0.25, 0.3) is 11.4 Å². The minimum Gasteiger partial charge on any atom is -0.336 e. The van der Waals surface area contributed by atoms with Gasteiger partial charge in [-0.3, -0.25) is 4.79 Å². The average molecular weight is 368 g/mol. The predicted molar refractivity (Wildman–Crippen MR) is 101 cm³/mol. The molecule has 2 aromatic rings. The fourth-order valence-corrected chi connectivity index (χ4v) is 2.97. The monoisotopic (exact) mass is 368 g/mol. The van der Waals surface area contributed by atoms with Crippen molar-refractivity contribution in [3.8, 4) is 17.5 Å². The van der Waals surface area contributed by atoms with Gasteiger partial charge in [-0.25, -0.2) is 0 Å². The summed E-state index contributed by atoms with van der Waals surface area (Å²) in [6.07, 6.45) is 1.64. The molecule has 27 heavy (non-hydrogen) atoms. The van der Waals surface area contributed by atoms with Crippen LogP contribution in [-0.4, -0.2) is 52.2 Å². The lowest BCUT2D eigenvalue weighted by Gasteiger charge is -2.28. The standard InChI is InChI=1S/C19H24N6O2/c1-19(2,22-12-16(26)25-10-6-9-15(25)11-20)13-21-18-23-17(24-27-18)14-7-4-3-5-8-14/h3-5,7-8,15,22H,6,9-10,12-13H2,1-2H3,(H,21,23,24)/t15-/m0/s1. The average Bonchev–Trinajstić information content (AvgIpc) is 3.34. The Balaban J connectivity index is 1.49. The molecule has 1 fully saturated rings. The van der Waals surface area contributed by atoms with E-state index in [4.69, 9.17) is 9.78 Å². The Morgan fingerprint density at radius 1 is 1.41 bits per heavy atom. The van der Waals surface area contributed by atoms with Crippen LogP contribution in [0.5, 0.6) is 0 Å². The Kier molecular flexibility index (Phi) is 5.72. The molecule has 3 rings (SSSR count). The van der Waals surface area contributed by atoms with Crippen LogP contribution in [0.4, 0.5) is 6.01 Å². The summed E-state index contributed by atoms with van der Waals surface area (Å²) in [7, 11) is 0. The molecule has 1 aromatic heterocycles. The van der Waals surface area contributed by atoms with Crippen LogP contribution in [0.1, 0.15) is 26.7 Å². The summed E-state index contributed by atoms with van der Waals surface area (Å²) in [6, 6.07) is 11.8. The van der Waals surface area contributed by atoms with Crippen LogP contribution in [0, 0.1) is 11.3 Å². The van der Waals surface area contributed by atoms with Crippen molar-refractivity contribution >= 4 is 11.9 Å². The molecular formula is C19H24N6O2. The van der Waals surface area contributed by atoms with Gasteiger partial charge < -0.3 is 20.1 Å². The SMILES string of the molecule is CC(C)(CNc1nc(-c2ccccc2)no1)NCC(=O)N1CCC[C@H]1C#N. The third-order valence-corrected chi connectivity index (χ3v) is 4.58. The van der Waals surface area contributed by atoms with Crippen molar-refractivity contribution in [2.24, 2.45) is 0 Å². The first kappa shape index (κ1) is 18.9. The topological polar surface area (TPSA) is 107 Å². The zero-order chi connectivity index (χ0) is 19.3. The second-order valence-corrected chi connectivity index (χ2v) is 7.25. The van der Waals surface area contributed by atoms with Gasteiger partial charge in [-0.2, -0.15) is 10.2 Å². The number of nitrogens with zero attached hydrogens (tertiary/aromatic N) is 4. The number of carbonyl (C=O) groups is 1. The van der Waals surface area contributed by atoms with E-state index in [1.807, 2.05) is 44.2 Å². The summed E-state index contributed by atoms with van der Waals surface area (Å²) in [5.41, 5.74) is 0.508. The van der Waals surface area contributed by atoms with Gasteiger partial charge in [0, 0.05) is 24.2 Å². The Labute approximate surface area is 158 Å². The highest BCUT2D eigenvalue weighted by Crippen LogP contribution is 2.18. The van der Waals surface area contributed by atoms with Gasteiger partial charge in [-0.15, -0.1) is 0 Å². The highest BCUT2D eigenvalue weighted by atomic mass is 16.5. The van der Waals surface area contributed by atoms with Gasteiger partial charge in [-0.05, 0) is 26.7 Å². The maximum Gasteiger partial charge on any atom is 0.321 e. The van der Waals surface area contributed by atoms with Gasteiger partial charge in [0.1, 0.15) is 6.04 Å². The van der Waals surface area contributed by atoms with Gasteiger partial charge in [0.15, 0.2) is 0 Å². The Bertz CT molecular complexity index is 811. The minimum atomic E-state index is -0.376. The number of aromatic nitrogens is 2. The lowest BCUT2D eigenvalue weighted by molar-refractivity contribution is -0.130. The number of benzene rings is 1. The molecule has 1 aliphatic rings. The van der Waals surface area contributed by atoms with Crippen molar-refractivity contribution in [1.29, 1.82) is 5.26 Å². The van der Waals surface area contributed by atoms with Crippen molar-refractivity contribution in [3.05, 3.63) is 30.3 Å². The summed E-state index contributed by atoms with van der Waals surface area (Å²) < 4.78 is 5.24. The van der Waals surface area contributed by atoms with Crippen molar-refractivity contribution in [3.63, 3.8) is 0 Å². The Morgan fingerprint density at radius 2 is 2.19 bits per heavy atom. The molecule has 0 bridgehead atoms. The molecule has 0 saturated carbocycles. The highest BCUT2D eigenvalue weighted by Gasteiger charge is 2.29. The van der Waals surface area contributed by atoms with E-state index in [0.717, 1.165) is 18.4 Å². The first-order valence-corrected chi connectivity index (χ1v) is 9.06. The first-order valence-electron chi connectivity index (χ1n) is 9.06. The van der Waals surface area contributed by atoms with E-state index in [2.05, 4.69) is 26.8 Å². The van der Waals surface area contributed by atoms with Gasteiger partial charge in [0.2, 0.25) is 11.7 Å². The number of hydrogen-bond donors (Lipinski definition) is 2. The van der Waals surface area contributed by atoms with E-state index in [-0.39, 0.29) is 24.0 Å². The lowest BCUT2D eigenvalue weighted by atomic mass is 10.1. The number of hydrogen-bond acceptors (Lipinski definition) is 7. The van der Waals surface area contributed by atoms with Crippen molar-refractivity contribution in [2.75, 3.05) is 25.0 Å². The molecule has 2 N–H and O–H groups in total. The zero-order valence-corrected chi connectivity index (χ0v) is 15.6. The van der Waals surface area contributed by atoms with E-state index in [1.54, 1.807) is 4.90 Å². The first-order chi connectivity index (χ1) is 13.0. The number of nitriles is 1. The van der Waals surface area contributed by atoms with E-state index >= 15 is 0 Å². The summed E-state index contributed by atoms with van der Waals surface area (Å²) in [5.74, 6) is 0.479. The van der Waals surface area contributed by atoms with Crippen LogP contribution in [-0.2, 0) is 4.79 Å². The van der Waals surface area contributed by atoms with E-state index in [9.17, 15) is 4.79 Å². The number of rotatable bonds is 7. The maximum atomic E-state index is 12.3. The summed E-state index contributed by atoms with van der Waals surface area (Å²) in [5, 5.41) is 19.4. The van der Waals surface area contributed by atoms with Crippen LogP contribution in [0.3, 0.4) is 0 Å². The molecular weight excluding hydrogens is 344 g/mol. The highest BCUT2D eigenvalue weighted by molar-refractivity contribution is 5.79. The van der Waals surface area contributed by atoms with Crippen molar-refractivity contribution < 1.29 is 9.32 Å². The number of nitrogens with one attached hydrogen (secondary N) is 2. The fraction of sp³-hybridized carbons (Fsp3) is 0.474. The Morgan fingerprint density at radius 3 is 2.93 bits per heavy atom. The van der Waals surface area contributed by atoms with Crippen LogP contribution >= 0.6 is 0 Å². The Hall–Kier alpha value is -2.92. The normalized spacial score (nSPS) is 16.9. The quantitative estimate of drug-likeness (QED) is 0.770. The molecule has 2 heterocycles. The molecule has 8 nitrogen and oxygen atoms in total. The zero-order valence-electron chi connectivity index (χ0n) is 15.6. The summed E-state index contributed by atoms with van der Waals surface area (Å²) in [4.78, 5) is 18.3. The number of anilines is 1. The predicted octanol–water partition coefficient (Wildman–Crippen LogP) is 2.03. The largest absolute Gasteiger partial charge is 0.336 e. The smallest absolute Gasteiger partial charge is 0.321 e. The third kappa shape index (κ3) is 4.83. The van der Waals surface area contributed by atoms with E-state index in [1.165, 1.54) is 0 Å². The number of amides is 1. The second kappa shape index (κ2) is 8.18. The third-order valence-electron chi connectivity index (χ3n) is 4.58. The molecule has 0 spiro atoms. The number of carbonyl (C=O) groups excluding carboxylic acids is 1. The van der Waals surface area contributed by atoms with Gasteiger partial charge in [0.05, 0.1) is 12.6 Å². The molecule has 0 unspecified atom stereocenters. The van der Waals surface area contributed by atoms with Crippen LogP contribution in [0.15, 0.2) is 34.9 Å². The van der Waals surface area contributed by atoms with Crippen LogP contribution in [0.2, 0.25) is 0 Å². The molecule has 8 heteroatoms. The molecule has 1 amide bonds. The fourth-order valence-electron chi connectivity index (χ4n) is 2.97. The second-order valence-electron chi connectivity index (χ2n) is 7.25. The van der Waals surface area contributed by atoms with Gasteiger partial charge in [0.25, 0.3) is 0 Å². The lowest BCUT2D eigenvalue weighted by Crippen LogP contribution is -2.50. The summed E-state index contributed by atoms with van der Waals surface area (Å²) in [6.45, 7) is 5.30. The molecule has 142 valence electrons. The summed E-state index contributed by atoms with van der Waals surface area (Å²) >= 11 is 0. The molecule has 1 saturated heterocycles. The molecule has 0 aliphatic carbocycles. The molecule has 0 radical (unpaired) electrons. The number of likely N-dealkylation sites (tertiary alicyclic amines) is 1. The molecule has 1 aliphatic heterocycles.